The van der Waals surface area contributed by atoms with Crippen LogP contribution in [0, 0.1) is 0 Å². The van der Waals surface area contributed by atoms with Crippen molar-refractivity contribution in [2.24, 2.45) is 4.99 Å². The predicted molar refractivity (Wildman–Crippen MR) is 101 cm³/mol. The molecule has 2 rings (SSSR count). The molecule has 0 spiro atoms. The molecule has 0 saturated heterocycles. The molecule has 4 heteroatoms. The summed E-state index contributed by atoms with van der Waals surface area (Å²) < 4.78 is 0. The van der Waals surface area contributed by atoms with E-state index in [1.165, 1.54) is 5.56 Å². The summed E-state index contributed by atoms with van der Waals surface area (Å²) >= 11 is 0. The first-order valence-electron chi connectivity index (χ1n) is 8.37. The van der Waals surface area contributed by atoms with Gasteiger partial charge in [0.15, 0.2) is 0 Å². The third kappa shape index (κ3) is 5.79. The smallest absolute Gasteiger partial charge is 0.128 e. The van der Waals surface area contributed by atoms with Crippen LogP contribution in [0.25, 0.3) is 0 Å². The molecule has 1 aromatic heterocycles. The zero-order valence-corrected chi connectivity index (χ0v) is 17.7. The van der Waals surface area contributed by atoms with Crippen LogP contribution in [0.2, 0.25) is 0 Å². The molecule has 0 atom stereocenters. The molecule has 1 heterocycles. The van der Waals surface area contributed by atoms with E-state index in [4.69, 9.17) is 0 Å². The molecule has 0 bridgehead atoms. The number of hydrogen-bond acceptors (Lipinski definition) is 3. The first-order chi connectivity index (χ1) is 11.1. The monoisotopic (exact) mass is 372 g/mol. The molecular weight excluding hydrogens is 344 g/mol. The van der Waals surface area contributed by atoms with Crippen LogP contribution >= 0.6 is 0 Å². The number of nitrogens with zero attached hydrogens (tertiary/aromatic N) is 2. The number of hydrogen-bond donors (Lipinski definition) is 1. The number of aromatic hydroxyl groups is 1. The number of aromatic nitrogens is 1. The maximum atomic E-state index is 10.7. The van der Waals surface area contributed by atoms with Crippen molar-refractivity contribution >= 4 is 6.21 Å². The molecule has 0 fully saturated rings. The summed E-state index contributed by atoms with van der Waals surface area (Å²) in [6, 6.07) is 9.94. The topological polar surface area (TPSA) is 45.5 Å². The molecule has 3 nitrogen and oxygen atoms in total. The summed E-state index contributed by atoms with van der Waals surface area (Å²) in [7, 11) is 0. The van der Waals surface area contributed by atoms with Gasteiger partial charge in [0.1, 0.15) is 5.75 Å². The summed E-state index contributed by atoms with van der Waals surface area (Å²) in [5.74, 6) is 0.320. The fraction of sp³-hybridized carbons (Fsp3) is 0.429. The van der Waals surface area contributed by atoms with Gasteiger partial charge in [-0.15, -0.1) is 0 Å². The van der Waals surface area contributed by atoms with Crippen molar-refractivity contribution in [3.05, 3.63) is 58.9 Å². The van der Waals surface area contributed by atoms with Gasteiger partial charge in [-0.3, -0.25) is 9.98 Å². The number of pyridine rings is 1. The van der Waals surface area contributed by atoms with Gasteiger partial charge in [0.2, 0.25) is 0 Å². The van der Waals surface area contributed by atoms with Crippen LogP contribution < -0.4 is 0 Å². The van der Waals surface area contributed by atoms with Crippen LogP contribution in [-0.4, -0.2) is 16.3 Å². The van der Waals surface area contributed by atoms with E-state index in [1.807, 2.05) is 24.3 Å². The summed E-state index contributed by atoms with van der Waals surface area (Å²) in [6.07, 6.45) is 3.52. The van der Waals surface area contributed by atoms with E-state index >= 15 is 0 Å². The Morgan fingerprint density at radius 3 is 2.24 bits per heavy atom. The molecule has 0 aliphatic rings. The second-order valence-corrected chi connectivity index (χ2v) is 8.25. The van der Waals surface area contributed by atoms with E-state index < -0.39 is 0 Å². The van der Waals surface area contributed by atoms with Gasteiger partial charge in [-0.25, -0.2) is 0 Å². The van der Waals surface area contributed by atoms with E-state index in [2.05, 4.69) is 57.6 Å². The average molecular weight is 372 g/mol. The number of rotatable bonds is 3. The SMILES string of the molecule is CC(C)(C)c1cc(C=NCc2ccccn2)c(O)c(C(C)(C)C)c1.[Ti]. The summed E-state index contributed by atoms with van der Waals surface area (Å²) in [5.41, 5.74) is 3.71. The van der Waals surface area contributed by atoms with Gasteiger partial charge in [0.25, 0.3) is 0 Å². The Labute approximate surface area is 166 Å². The summed E-state index contributed by atoms with van der Waals surface area (Å²) in [6.45, 7) is 13.4. The molecule has 132 valence electrons. The minimum Gasteiger partial charge on any atom is -0.507 e. The van der Waals surface area contributed by atoms with Crippen LogP contribution in [0.3, 0.4) is 0 Å². The minimum atomic E-state index is -0.130. The molecule has 0 aliphatic heterocycles. The number of phenolic OH excluding ortho intramolecular Hbond substituents is 1. The average Bonchev–Trinajstić information content (AvgIpc) is 2.47. The van der Waals surface area contributed by atoms with Crippen molar-refractivity contribution < 1.29 is 26.8 Å². The van der Waals surface area contributed by atoms with Gasteiger partial charge in [-0.1, -0.05) is 53.7 Å². The standard InChI is InChI=1S/C21H28N2O.Ti/c1-20(2,3)16-11-15(19(24)18(12-16)21(4,5)6)13-22-14-17-9-7-8-10-23-17;/h7-13,24H,14H2,1-6H3;. The zero-order chi connectivity index (χ0) is 18.0. The van der Waals surface area contributed by atoms with Crippen LogP contribution in [0.1, 0.15) is 63.9 Å². The fourth-order valence-corrected chi connectivity index (χ4v) is 2.49. The fourth-order valence-electron chi connectivity index (χ4n) is 2.49. The molecule has 0 unspecified atom stereocenters. The van der Waals surface area contributed by atoms with Gasteiger partial charge in [0.05, 0.1) is 12.2 Å². The molecular formula is C21H28N2OTi. The number of benzene rings is 1. The molecule has 25 heavy (non-hydrogen) atoms. The van der Waals surface area contributed by atoms with Gasteiger partial charge >= 0.3 is 0 Å². The van der Waals surface area contributed by atoms with Crippen molar-refractivity contribution in [1.82, 2.24) is 4.98 Å². The van der Waals surface area contributed by atoms with E-state index in [-0.39, 0.29) is 32.5 Å². The second kappa shape index (κ2) is 8.29. The molecule has 2 aromatic rings. The van der Waals surface area contributed by atoms with Crippen molar-refractivity contribution in [2.45, 2.75) is 58.9 Å². The molecule has 0 saturated carbocycles. The Morgan fingerprint density at radius 1 is 1.04 bits per heavy atom. The molecule has 0 radical (unpaired) electrons. The van der Waals surface area contributed by atoms with Crippen LogP contribution in [-0.2, 0) is 39.1 Å². The minimum absolute atomic E-state index is 0. The van der Waals surface area contributed by atoms with E-state index in [0.717, 1.165) is 16.8 Å². The Morgan fingerprint density at radius 2 is 1.72 bits per heavy atom. The molecule has 0 amide bonds. The quantitative estimate of drug-likeness (QED) is 0.609. The Kier molecular flexibility index (Phi) is 7.16. The van der Waals surface area contributed by atoms with Gasteiger partial charge < -0.3 is 5.11 Å². The normalized spacial score (nSPS) is 12.2. The Hall–Kier alpha value is -1.45. The number of aliphatic imine (C=N–C) groups is 1. The van der Waals surface area contributed by atoms with Crippen LogP contribution in [0.5, 0.6) is 5.75 Å². The maximum Gasteiger partial charge on any atom is 0.128 e. The van der Waals surface area contributed by atoms with E-state index in [1.54, 1.807) is 12.4 Å². The Bertz CT molecular complexity index is 726. The summed E-state index contributed by atoms with van der Waals surface area (Å²) in [5, 5.41) is 10.7. The predicted octanol–water partition coefficient (Wildman–Crippen LogP) is 5.00. The molecule has 1 N–H and O–H groups in total. The van der Waals surface area contributed by atoms with Crippen molar-refractivity contribution in [1.29, 1.82) is 0 Å². The molecule has 0 aliphatic carbocycles. The largest absolute Gasteiger partial charge is 0.507 e. The third-order valence-corrected chi connectivity index (χ3v) is 4.02. The Balaban J connectivity index is 0.00000312. The maximum absolute atomic E-state index is 10.7. The summed E-state index contributed by atoms with van der Waals surface area (Å²) in [4.78, 5) is 8.74. The first kappa shape index (κ1) is 21.6. The van der Waals surface area contributed by atoms with Crippen molar-refractivity contribution in [3.8, 4) is 5.75 Å². The van der Waals surface area contributed by atoms with Crippen LogP contribution in [0.15, 0.2) is 41.5 Å². The van der Waals surface area contributed by atoms with Crippen molar-refractivity contribution in [3.63, 3.8) is 0 Å². The zero-order valence-electron chi connectivity index (χ0n) is 16.1. The van der Waals surface area contributed by atoms with E-state index in [0.29, 0.717) is 12.3 Å². The number of phenols is 1. The third-order valence-electron chi connectivity index (χ3n) is 4.02. The van der Waals surface area contributed by atoms with Crippen LogP contribution in [0.4, 0.5) is 0 Å². The van der Waals surface area contributed by atoms with Gasteiger partial charge in [-0.05, 0) is 34.6 Å². The van der Waals surface area contributed by atoms with Gasteiger partial charge in [-0.2, -0.15) is 0 Å². The molecule has 1 aromatic carbocycles. The van der Waals surface area contributed by atoms with Crippen molar-refractivity contribution in [2.75, 3.05) is 0 Å². The second-order valence-electron chi connectivity index (χ2n) is 8.25. The first-order valence-corrected chi connectivity index (χ1v) is 8.37. The van der Waals surface area contributed by atoms with Gasteiger partial charge in [0, 0.05) is 45.3 Å². The van der Waals surface area contributed by atoms with E-state index in [9.17, 15) is 5.11 Å².